The molecule has 0 aromatic carbocycles. The van der Waals surface area contributed by atoms with Gasteiger partial charge in [-0.15, -0.1) is 0 Å². The molecule has 0 atom stereocenters. The quantitative estimate of drug-likeness (QED) is 0.802. The topological polar surface area (TPSA) is 92.9 Å². The molecule has 2 aromatic heterocycles. The summed E-state index contributed by atoms with van der Waals surface area (Å²) in [4.78, 5) is 22.6. The smallest absolute Gasteiger partial charge is 0.356 e. The molecule has 0 saturated heterocycles. The lowest BCUT2D eigenvalue weighted by atomic mass is 10.4. The number of nitrogens with zero attached hydrogens (tertiary/aromatic N) is 4. The van der Waals surface area contributed by atoms with Crippen LogP contribution in [0.3, 0.4) is 0 Å². The molecule has 0 spiro atoms. The number of carboxylic acid groups (broad SMARTS) is 1. The second-order valence-electron chi connectivity index (χ2n) is 3.73. The second kappa shape index (κ2) is 5.26. The summed E-state index contributed by atoms with van der Waals surface area (Å²) in [5.74, 6) is 0.309. The Morgan fingerprint density at radius 2 is 2.33 bits per heavy atom. The van der Waals surface area contributed by atoms with Gasteiger partial charge in [-0.3, -0.25) is 4.98 Å². The first kappa shape index (κ1) is 12.0. The minimum Gasteiger partial charge on any atom is -0.476 e. The Morgan fingerprint density at radius 1 is 1.50 bits per heavy atom. The number of hydrogen-bond donors (Lipinski definition) is 2. The van der Waals surface area contributed by atoms with E-state index in [1.807, 2.05) is 17.8 Å². The molecule has 0 aliphatic carbocycles. The average molecular weight is 247 g/mol. The second-order valence-corrected chi connectivity index (χ2v) is 3.73. The van der Waals surface area contributed by atoms with Crippen LogP contribution in [0.15, 0.2) is 24.8 Å². The Hall–Kier alpha value is -2.44. The molecule has 0 fully saturated rings. The van der Waals surface area contributed by atoms with E-state index < -0.39 is 5.97 Å². The van der Waals surface area contributed by atoms with Crippen molar-refractivity contribution in [3.05, 3.63) is 36.3 Å². The van der Waals surface area contributed by atoms with Crippen molar-refractivity contribution in [2.75, 3.05) is 11.9 Å². The summed E-state index contributed by atoms with van der Waals surface area (Å²) in [5.41, 5.74) is -0.0722. The Morgan fingerprint density at radius 3 is 3.00 bits per heavy atom. The molecule has 2 aromatic rings. The van der Waals surface area contributed by atoms with Gasteiger partial charge in [0, 0.05) is 32.4 Å². The van der Waals surface area contributed by atoms with Gasteiger partial charge in [0.1, 0.15) is 11.6 Å². The highest BCUT2D eigenvalue weighted by atomic mass is 16.4. The highest BCUT2D eigenvalue weighted by Gasteiger charge is 2.06. The van der Waals surface area contributed by atoms with E-state index in [1.54, 1.807) is 6.20 Å². The molecular formula is C11H13N5O2. The summed E-state index contributed by atoms with van der Waals surface area (Å²) in [5, 5.41) is 11.8. The van der Waals surface area contributed by atoms with Crippen molar-refractivity contribution in [1.29, 1.82) is 0 Å². The van der Waals surface area contributed by atoms with Crippen LogP contribution in [0.1, 0.15) is 16.3 Å². The van der Waals surface area contributed by atoms with E-state index in [-0.39, 0.29) is 5.69 Å². The van der Waals surface area contributed by atoms with Crippen molar-refractivity contribution in [3.8, 4) is 0 Å². The monoisotopic (exact) mass is 247 g/mol. The zero-order valence-electron chi connectivity index (χ0n) is 9.87. The summed E-state index contributed by atoms with van der Waals surface area (Å²) in [6, 6.07) is 0. The van der Waals surface area contributed by atoms with E-state index >= 15 is 0 Å². The molecular weight excluding hydrogens is 234 g/mol. The lowest BCUT2D eigenvalue weighted by molar-refractivity contribution is 0.0690. The van der Waals surface area contributed by atoms with Crippen LogP contribution < -0.4 is 5.32 Å². The predicted molar refractivity (Wildman–Crippen MR) is 64.4 cm³/mol. The maximum absolute atomic E-state index is 10.7. The van der Waals surface area contributed by atoms with E-state index in [2.05, 4.69) is 20.3 Å². The number of carbonyl (C=O) groups is 1. The first-order valence-electron chi connectivity index (χ1n) is 5.42. The number of carboxylic acids is 1. The molecule has 0 aliphatic heterocycles. The van der Waals surface area contributed by atoms with E-state index in [4.69, 9.17) is 5.11 Å². The van der Waals surface area contributed by atoms with Crippen molar-refractivity contribution >= 4 is 11.8 Å². The minimum absolute atomic E-state index is 0.0722. The standard InChI is InChI=1S/C11H13N5O2/c1-16-5-4-14-10(16)2-3-13-9-7-12-6-8(15-9)11(17)18/h4-7H,2-3H2,1H3,(H,13,15)(H,17,18). The van der Waals surface area contributed by atoms with E-state index in [0.717, 1.165) is 12.2 Å². The molecule has 94 valence electrons. The van der Waals surface area contributed by atoms with E-state index in [1.165, 1.54) is 12.4 Å². The van der Waals surface area contributed by atoms with Crippen molar-refractivity contribution in [3.63, 3.8) is 0 Å². The summed E-state index contributed by atoms with van der Waals surface area (Å²) < 4.78 is 1.93. The molecule has 0 radical (unpaired) electrons. The molecule has 0 unspecified atom stereocenters. The van der Waals surface area contributed by atoms with Gasteiger partial charge in [0.2, 0.25) is 0 Å². The molecule has 2 heterocycles. The third-order valence-corrected chi connectivity index (χ3v) is 2.43. The molecule has 2 N–H and O–H groups in total. The lowest BCUT2D eigenvalue weighted by Gasteiger charge is -2.05. The minimum atomic E-state index is -1.09. The molecule has 2 rings (SSSR count). The van der Waals surface area contributed by atoms with Crippen molar-refractivity contribution in [2.45, 2.75) is 6.42 Å². The van der Waals surface area contributed by atoms with Crippen LogP contribution in [0, 0.1) is 0 Å². The van der Waals surface area contributed by atoms with E-state index in [9.17, 15) is 4.79 Å². The fourth-order valence-corrected chi connectivity index (χ4v) is 1.49. The molecule has 18 heavy (non-hydrogen) atoms. The summed E-state index contributed by atoms with van der Waals surface area (Å²) >= 11 is 0. The van der Waals surface area contributed by atoms with Gasteiger partial charge in [0.15, 0.2) is 5.69 Å². The normalized spacial score (nSPS) is 10.3. The van der Waals surface area contributed by atoms with Crippen LogP contribution >= 0.6 is 0 Å². The van der Waals surface area contributed by atoms with Gasteiger partial charge in [-0.1, -0.05) is 0 Å². The Balaban J connectivity index is 1.92. The SMILES string of the molecule is Cn1ccnc1CCNc1cncc(C(=O)O)n1. The summed E-state index contributed by atoms with van der Waals surface area (Å²) in [7, 11) is 1.92. The van der Waals surface area contributed by atoms with Gasteiger partial charge in [-0.25, -0.2) is 14.8 Å². The van der Waals surface area contributed by atoms with Crippen LogP contribution in [0.25, 0.3) is 0 Å². The maximum atomic E-state index is 10.7. The van der Waals surface area contributed by atoms with Crippen molar-refractivity contribution in [2.24, 2.45) is 7.05 Å². The molecule has 0 saturated carbocycles. The fraction of sp³-hybridized carbons (Fsp3) is 0.273. The number of nitrogens with one attached hydrogen (secondary N) is 1. The zero-order valence-corrected chi connectivity index (χ0v) is 9.87. The first-order valence-corrected chi connectivity index (χ1v) is 5.42. The van der Waals surface area contributed by atoms with Gasteiger partial charge >= 0.3 is 5.97 Å². The Kier molecular flexibility index (Phi) is 3.52. The first-order chi connectivity index (χ1) is 8.66. The number of anilines is 1. The number of aryl methyl sites for hydroxylation is 1. The van der Waals surface area contributed by atoms with Gasteiger partial charge in [-0.2, -0.15) is 0 Å². The summed E-state index contributed by atoms with van der Waals surface area (Å²) in [6.07, 6.45) is 7.04. The van der Waals surface area contributed by atoms with Gasteiger partial charge in [0.25, 0.3) is 0 Å². The summed E-state index contributed by atoms with van der Waals surface area (Å²) in [6.45, 7) is 0.614. The predicted octanol–water partition coefficient (Wildman–Crippen LogP) is 0.563. The largest absolute Gasteiger partial charge is 0.476 e. The third-order valence-electron chi connectivity index (χ3n) is 2.43. The molecule has 0 bridgehead atoms. The Bertz CT molecular complexity index is 552. The van der Waals surface area contributed by atoms with Crippen molar-refractivity contribution < 1.29 is 9.90 Å². The number of hydrogen-bond acceptors (Lipinski definition) is 5. The molecule has 0 aliphatic rings. The van der Waals surface area contributed by atoms with Crippen LogP contribution in [-0.4, -0.2) is 37.1 Å². The van der Waals surface area contributed by atoms with Gasteiger partial charge in [-0.05, 0) is 0 Å². The number of imidazole rings is 1. The highest BCUT2D eigenvalue weighted by Crippen LogP contribution is 2.03. The number of aromatic nitrogens is 4. The van der Waals surface area contributed by atoms with Crippen LogP contribution in [0.2, 0.25) is 0 Å². The number of aromatic carboxylic acids is 1. The van der Waals surface area contributed by atoms with Crippen LogP contribution in [0.5, 0.6) is 0 Å². The van der Waals surface area contributed by atoms with E-state index in [0.29, 0.717) is 12.4 Å². The molecule has 0 amide bonds. The Labute approximate surface area is 104 Å². The third kappa shape index (κ3) is 2.82. The number of rotatable bonds is 5. The molecule has 7 nitrogen and oxygen atoms in total. The highest BCUT2D eigenvalue weighted by molar-refractivity contribution is 5.85. The van der Waals surface area contributed by atoms with Crippen LogP contribution in [0.4, 0.5) is 5.82 Å². The fourth-order valence-electron chi connectivity index (χ4n) is 1.49. The molecule has 7 heteroatoms. The maximum Gasteiger partial charge on any atom is 0.356 e. The van der Waals surface area contributed by atoms with Crippen LogP contribution in [-0.2, 0) is 13.5 Å². The van der Waals surface area contributed by atoms with Gasteiger partial charge in [0.05, 0.1) is 12.4 Å². The zero-order chi connectivity index (χ0) is 13.0. The lowest BCUT2D eigenvalue weighted by Crippen LogP contribution is -2.11. The van der Waals surface area contributed by atoms with Gasteiger partial charge < -0.3 is 15.0 Å². The average Bonchev–Trinajstić information content (AvgIpc) is 2.76. The van der Waals surface area contributed by atoms with Crippen molar-refractivity contribution in [1.82, 2.24) is 19.5 Å².